The second kappa shape index (κ2) is 24.6. The van der Waals surface area contributed by atoms with Gasteiger partial charge in [0.1, 0.15) is 35.5 Å². The lowest BCUT2D eigenvalue weighted by Gasteiger charge is -2.46. The van der Waals surface area contributed by atoms with Gasteiger partial charge in [-0.25, -0.2) is 0 Å². The summed E-state index contributed by atoms with van der Waals surface area (Å²) in [5, 5.41) is 7.91. The predicted octanol–water partition coefficient (Wildman–Crippen LogP) is 18.4. The Kier molecular flexibility index (Phi) is 18.1. The molecule has 0 heterocycles. The summed E-state index contributed by atoms with van der Waals surface area (Å²) in [7, 11) is -2.28. The van der Waals surface area contributed by atoms with Crippen LogP contribution < -0.4 is 37.8 Å². The lowest BCUT2D eigenvalue weighted by molar-refractivity contribution is -0.144. The molecule has 0 fully saturated rings. The molecule has 0 radical (unpaired) electrons. The van der Waals surface area contributed by atoms with E-state index in [4.69, 9.17) is 0 Å². The van der Waals surface area contributed by atoms with Gasteiger partial charge in [0, 0.05) is 5.56 Å². The van der Waals surface area contributed by atoms with E-state index in [2.05, 4.69) is 103 Å². The molecule has 27 heteroatoms. The molecule has 0 saturated heterocycles. The Balaban J connectivity index is 0.000000241. The van der Waals surface area contributed by atoms with Crippen LogP contribution in [0.15, 0.2) is 218 Å². The van der Waals surface area contributed by atoms with E-state index >= 15 is 0 Å². The molecule has 0 unspecified atom stereocenters. The minimum Gasteiger partial charge on any atom is -0.290 e. The van der Waals surface area contributed by atoms with Crippen LogP contribution in [-0.2, 0) is 49.4 Å². The number of hydrogen-bond acceptors (Lipinski definition) is 1. The smallest absolute Gasteiger partial charge is 0.290 e. The highest BCUT2D eigenvalue weighted by molar-refractivity contribution is 7.96. The van der Waals surface area contributed by atoms with Gasteiger partial charge in [-0.15, -0.1) is 0 Å². The SMILES string of the molecule is FC(F)(F)c1cc([B-](c2cc(C(F)(F)F)cc(C(F)(F)F)c2)(c2cc(C(F)(F)F)cc(C(F)(F)F)c2)c2cc(C(F)(F)F)cc(C(F)(F)F)c2)cc(C(F)(F)F)c1.O=C(C[P+](c1ccccc1)(c1ccccc1)c1ccccc1)c1c2ccccc2cc2ccccc12. The van der Waals surface area contributed by atoms with Crippen LogP contribution in [0.4, 0.5) is 105 Å². The number of carbonyl (C=O) groups is 1. The second-order valence-electron chi connectivity index (χ2n) is 21.3. The number of ketones is 1. The fourth-order valence-corrected chi connectivity index (χ4v) is 15.5. The summed E-state index contributed by atoms with van der Waals surface area (Å²) in [5.74, 6) is 0.188. The zero-order valence-electron chi connectivity index (χ0n) is 46.5. The Morgan fingerprint density at radius 1 is 0.269 bits per heavy atom. The van der Waals surface area contributed by atoms with Gasteiger partial charge in [-0.3, -0.25) is 4.79 Å². The Bertz CT molecular complexity index is 3790. The Morgan fingerprint density at radius 3 is 0.688 bits per heavy atom. The van der Waals surface area contributed by atoms with Crippen LogP contribution in [0.3, 0.4) is 0 Å². The highest BCUT2D eigenvalue weighted by atomic mass is 31.2. The van der Waals surface area contributed by atoms with Crippen LogP contribution in [0.1, 0.15) is 54.9 Å². The number of benzene rings is 10. The Labute approximate surface area is 511 Å². The lowest BCUT2D eigenvalue weighted by Crippen LogP contribution is -2.75. The van der Waals surface area contributed by atoms with E-state index in [-0.39, 0.29) is 5.78 Å². The maximum absolute atomic E-state index is 14.6. The third kappa shape index (κ3) is 14.3. The first-order chi connectivity index (χ1) is 43.0. The monoisotopic (exact) mass is 1340 g/mol. The molecule has 0 N–H and O–H groups in total. The first kappa shape index (κ1) is 68.6. The van der Waals surface area contributed by atoms with Crippen molar-refractivity contribution in [2.24, 2.45) is 0 Å². The number of Topliss-reactive ketones (excluding diaryl/α,β-unsaturated/α-hetero) is 1. The number of rotatable bonds is 10. The van der Waals surface area contributed by atoms with Crippen LogP contribution in [0, 0.1) is 0 Å². The van der Waals surface area contributed by atoms with Gasteiger partial charge in [0.15, 0.2) is 0 Å². The van der Waals surface area contributed by atoms with Gasteiger partial charge in [0.25, 0.3) is 0 Å². The van der Waals surface area contributed by atoms with Gasteiger partial charge in [-0.2, -0.15) is 127 Å². The standard InChI is InChI=1S/C34H26OP.C32H12BF24/c35-33(34-31-22-12-10-14-26(31)24-27-15-11-13-23-32(27)34)25-36(28-16-4-1-5-17-28,29-18-6-2-7-19-29)30-20-8-3-9-21-30;34-25(35,36)13-1-14(26(37,38)39)6-21(5-13)33(22-7-15(27(40,41)42)2-16(8-22)28(43,44)45,23-9-17(29(46,47)48)3-18(10-23)30(49,50)51)24-11-19(31(52,53)54)4-20(12-24)32(55,56)57/h1-24H,25H2;1-12H/q+1;-1. The summed E-state index contributed by atoms with van der Waals surface area (Å²) in [6.07, 6.45) is -54.4. The quantitative estimate of drug-likeness (QED) is 0.0438. The predicted molar refractivity (Wildman–Crippen MR) is 306 cm³/mol. The van der Waals surface area contributed by atoms with Crippen LogP contribution in [0.25, 0.3) is 21.5 Å². The average Bonchev–Trinajstić information content (AvgIpc) is 0.712. The molecule has 484 valence electrons. The summed E-state index contributed by atoms with van der Waals surface area (Å²) < 4.78 is 341. The molecule has 0 aliphatic carbocycles. The summed E-state index contributed by atoms with van der Waals surface area (Å²) in [4.78, 5) is 14.6. The summed E-state index contributed by atoms with van der Waals surface area (Å²) in [5.41, 5.74) is -29.4. The minimum absolute atomic E-state index is 0.188. The van der Waals surface area contributed by atoms with Gasteiger partial charge in [-0.05, 0) is 88.3 Å². The minimum atomic E-state index is -6.13. The fraction of sp³-hybridized carbons (Fsp3) is 0.136. The van der Waals surface area contributed by atoms with E-state index in [1.807, 2.05) is 42.5 Å². The molecule has 0 aliphatic heterocycles. The van der Waals surface area contributed by atoms with Crippen molar-refractivity contribution >= 4 is 78.5 Å². The summed E-state index contributed by atoms with van der Waals surface area (Å²) in [6, 6.07) is 41.8. The summed E-state index contributed by atoms with van der Waals surface area (Å²) >= 11 is 0. The molecule has 0 amide bonds. The van der Waals surface area contributed by atoms with Crippen molar-refractivity contribution in [1.29, 1.82) is 0 Å². The van der Waals surface area contributed by atoms with E-state index in [1.165, 1.54) is 15.9 Å². The van der Waals surface area contributed by atoms with Crippen molar-refractivity contribution in [1.82, 2.24) is 0 Å². The van der Waals surface area contributed by atoms with Crippen LogP contribution in [0.2, 0.25) is 0 Å². The third-order valence-corrected chi connectivity index (χ3v) is 19.8. The molecule has 10 rings (SSSR count). The molecule has 0 saturated carbocycles. The normalized spacial score (nSPS) is 13.2. The van der Waals surface area contributed by atoms with E-state index in [0.29, 0.717) is 6.16 Å². The molecule has 0 aromatic heterocycles. The first-order valence-electron chi connectivity index (χ1n) is 26.9. The van der Waals surface area contributed by atoms with Crippen molar-refractivity contribution in [3.8, 4) is 0 Å². The number of fused-ring (bicyclic) bond motifs is 2. The van der Waals surface area contributed by atoms with Gasteiger partial charge in [0.2, 0.25) is 5.78 Å². The fourth-order valence-electron chi connectivity index (χ4n) is 11.4. The number of hydrogen-bond donors (Lipinski definition) is 0. The van der Waals surface area contributed by atoms with Crippen LogP contribution in [0.5, 0.6) is 0 Å². The number of carbonyl (C=O) groups excluding carboxylic acids is 1. The topological polar surface area (TPSA) is 17.1 Å². The molecule has 0 atom stereocenters. The van der Waals surface area contributed by atoms with Gasteiger partial charge in [0.05, 0.1) is 44.5 Å². The lowest BCUT2D eigenvalue weighted by atomic mass is 9.12. The molecular weight excluding hydrogens is 1310 g/mol. The second-order valence-corrected chi connectivity index (χ2v) is 24.8. The maximum atomic E-state index is 14.6. The van der Waals surface area contributed by atoms with E-state index in [9.17, 15) is 110 Å². The van der Waals surface area contributed by atoms with Crippen molar-refractivity contribution in [3.63, 3.8) is 0 Å². The summed E-state index contributed by atoms with van der Waals surface area (Å²) in [6.45, 7) is 0. The largest absolute Gasteiger partial charge is 0.416 e. The Hall–Kier alpha value is -8.80. The zero-order valence-corrected chi connectivity index (χ0v) is 47.4. The molecule has 0 aliphatic rings. The Morgan fingerprint density at radius 2 is 0.473 bits per heavy atom. The number of halogens is 24. The van der Waals surface area contributed by atoms with Crippen LogP contribution >= 0.6 is 7.26 Å². The molecule has 0 spiro atoms. The third-order valence-electron chi connectivity index (χ3n) is 15.5. The van der Waals surface area contributed by atoms with Gasteiger partial charge in [-0.1, -0.05) is 152 Å². The highest BCUT2D eigenvalue weighted by Gasteiger charge is 2.50. The molecule has 0 bridgehead atoms. The number of alkyl halides is 24. The maximum Gasteiger partial charge on any atom is 0.416 e. The highest BCUT2D eigenvalue weighted by Crippen LogP contribution is 2.56. The van der Waals surface area contributed by atoms with Gasteiger partial charge < -0.3 is 0 Å². The van der Waals surface area contributed by atoms with Crippen LogP contribution in [-0.4, -0.2) is 18.1 Å². The molecule has 10 aromatic carbocycles. The molecule has 93 heavy (non-hydrogen) atoms. The zero-order chi connectivity index (χ0) is 68.3. The first-order valence-corrected chi connectivity index (χ1v) is 28.9. The van der Waals surface area contributed by atoms with E-state index < -0.39 is 202 Å². The average molecular weight is 1340 g/mol. The van der Waals surface area contributed by atoms with Crippen molar-refractivity contribution in [2.75, 3.05) is 6.16 Å². The molecular formula is C66H38BF24OP. The van der Waals surface area contributed by atoms with Crippen molar-refractivity contribution in [3.05, 3.63) is 268 Å². The van der Waals surface area contributed by atoms with Crippen molar-refractivity contribution in [2.45, 2.75) is 49.4 Å². The van der Waals surface area contributed by atoms with Gasteiger partial charge >= 0.3 is 49.4 Å². The molecule has 10 aromatic rings. The van der Waals surface area contributed by atoms with E-state index in [1.54, 1.807) is 0 Å². The van der Waals surface area contributed by atoms with Crippen molar-refractivity contribution < 1.29 is 110 Å². The van der Waals surface area contributed by atoms with E-state index in [0.717, 1.165) is 27.1 Å². The molecule has 1 nitrogen and oxygen atoms in total.